The van der Waals surface area contributed by atoms with E-state index in [4.69, 9.17) is 0 Å². The van der Waals surface area contributed by atoms with E-state index in [-0.39, 0.29) is 11.0 Å². The molecule has 0 unspecified atom stereocenters. The van der Waals surface area contributed by atoms with Gasteiger partial charge in [0, 0.05) is 22.2 Å². The molecule has 3 nitrogen and oxygen atoms in total. The normalized spacial score (nSPS) is 19.7. The van der Waals surface area contributed by atoms with E-state index >= 15 is 0 Å². The standard InChI is InChI=1S/C11H19N3/c1-10(2,3)9-8(7-13-14-9)11(12-4)5-6-11/h7,12H,5-6H2,1-4H3,(H,13,14). The monoisotopic (exact) mass is 193 g/mol. The third-order valence-corrected chi connectivity index (χ3v) is 3.13. The van der Waals surface area contributed by atoms with Crippen LogP contribution in [0.15, 0.2) is 6.20 Å². The molecule has 2 rings (SSSR count). The molecule has 0 saturated heterocycles. The first-order chi connectivity index (χ1) is 6.49. The van der Waals surface area contributed by atoms with E-state index in [1.165, 1.54) is 24.1 Å². The summed E-state index contributed by atoms with van der Waals surface area (Å²) in [5.74, 6) is 0. The van der Waals surface area contributed by atoms with Crippen molar-refractivity contribution in [1.82, 2.24) is 15.5 Å². The van der Waals surface area contributed by atoms with Gasteiger partial charge < -0.3 is 5.32 Å². The van der Waals surface area contributed by atoms with Gasteiger partial charge in [-0.1, -0.05) is 20.8 Å². The van der Waals surface area contributed by atoms with Gasteiger partial charge in [-0.2, -0.15) is 5.10 Å². The molecule has 0 aliphatic heterocycles. The Balaban J connectivity index is 2.40. The van der Waals surface area contributed by atoms with Crippen molar-refractivity contribution in [1.29, 1.82) is 0 Å². The molecule has 1 aromatic rings. The first kappa shape index (κ1) is 9.71. The number of rotatable bonds is 2. The summed E-state index contributed by atoms with van der Waals surface area (Å²) < 4.78 is 0. The highest BCUT2D eigenvalue weighted by Gasteiger charge is 2.46. The van der Waals surface area contributed by atoms with Gasteiger partial charge in [0.25, 0.3) is 0 Å². The Labute approximate surface area is 85.3 Å². The Morgan fingerprint density at radius 3 is 2.50 bits per heavy atom. The van der Waals surface area contributed by atoms with E-state index in [2.05, 4.69) is 36.3 Å². The summed E-state index contributed by atoms with van der Waals surface area (Å²) in [5, 5.41) is 10.7. The fourth-order valence-electron chi connectivity index (χ4n) is 2.00. The van der Waals surface area contributed by atoms with Gasteiger partial charge in [-0.05, 0) is 19.9 Å². The van der Waals surface area contributed by atoms with Crippen LogP contribution in [0.25, 0.3) is 0 Å². The number of aromatic amines is 1. The first-order valence-corrected chi connectivity index (χ1v) is 5.23. The maximum Gasteiger partial charge on any atom is 0.0541 e. The minimum atomic E-state index is 0.151. The highest BCUT2D eigenvalue weighted by Crippen LogP contribution is 2.47. The molecule has 0 amide bonds. The molecule has 1 saturated carbocycles. The fourth-order valence-corrected chi connectivity index (χ4v) is 2.00. The second-order valence-corrected chi connectivity index (χ2v) is 5.24. The lowest BCUT2D eigenvalue weighted by molar-refractivity contribution is 0.522. The van der Waals surface area contributed by atoms with Gasteiger partial charge in [-0.15, -0.1) is 0 Å². The molecule has 1 aliphatic carbocycles. The van der Waals surface area contributed by atoms with Crippen molar-refractivity contribution in [2.45, 2.75) is 44.6 Å². The molecule has 0 atom stereocenters. The van der Waals surface area contributed by atoms with E-state index in [0.29, 0.717) is 0 Å². The van der Waals surface area contributed by atoms with Crippen LogP contribution in [0, 0.1) is 0 Å². The molecule has 1 heterocycles. The van der Waals surface area contributed by atoms with Crippen molar-refractivity contribution in [2.75, 3.05) is 7.05 Å². The second kappa shape index (κ2) is 2.83. The minimum Gasteiger partial charge on any atom is -0.310 e. The average molecular weight is 193 g/mol. The molecular weight excluding hydrogens is 174 g/mol. The zero-order chi connectivity index (χ0) is 10.4. The number of hydrogen-bond donors (Lipinski definition) is 2. The highest BCUT2D eigenvalue weighted by molar-refractivity contribution is 5.35. The van der Waals surface area contributed by atoms with Crippen molar-refractivity contribution in [3.8, 4) is 0 Å². The molecule has 1 aliphatic rings. The third-order valence-electron chi connectivity index (χ3n) is 3.13. The molecule has 0 aromatic carbocycles. The van der Waals surface area contributed by atoms with E-state index < -0.39 is 0 Å². The summed E-state index contributed by atoms with van der Waals surface area (Å²) in [6.07, 6.45) is 4.43. The van der Waals surface area contributed by atoms with Gasteiger partial charge in [0.05, 0.1) is 6.20 Å². The molecular formula is C11H19N3. The molecule has 2 N–H and O–H groups in total. The van der Waals surface area contributed by atoms with Crippen LogP contribution in [0.3, 0.4) is 0 Å². The fraction of sp³-hybridized carbons (Fsp3) is 0.727. The Morgan fingerprint density at radius 1 is 1.43 bits per heavy atom. The molecule has 78 valence electrons. The summed E-state index contributed by atoms with van der Waals surface area (Å²) in [6, 6.07) is 0. The number of hydrogen-bond acceptors (Lipinski definition) is 2. The summed E-state index contributed by atoms with van der Waals surface area (Å²) in [7, 11) is 2.03. The summed E-state index contributed by atoms with van der Waals surface area (Å²) in [5.41, 5.74) is 2.99. The van der Waals surface area contributed by atoms with Crippen LogP contribution in [0.5, 0.6) is 0 Å². The molecule has 1 fully saturated rings. The number of aromatic nitrogens is 2. The van der Waals surface area contributed by atoms with Gasteiger partial charge in [-0.25, -0.2) is 0 Å². The lowest BCUT2D eigenvalue weighted by Crippen LogP contribution is -2.28. The average Bonchev–Trinajstić information content (AvgIpc) is 2.72. The molecule has 0 bridgehead atoms. The van der Waals surface area contributed by atoms with E-state index in [1.54, 1.807) is 0 Å². The molecule has 14 heavy (non-hydrogen) atoms. The van der Waals surface area contributed by atoms with Crippen molar-refractivity contribution in [2.24, 2.45) is 0 Å². The summed E-state index contributed by atoms with van der Waals surface area (Å²) in [6.45, 7) is 6.65. The maximum absolute atomic E-state index is 4.18. The predicted octanol–water partition coefficient (Wildman–Crippen LogP) is 1.92. The van der Waals surface area contributed by atoms with Crippen LogP contribution in [-0.4, -0.2) is 17.2 Å². The number of nitrogens with one attached hydrogen (secondary N) is 2. The van der Waals surface area contributed by atoms with Gasteiger partial charge >= 0.3 is 0 Å². The lowest BCUT2D eigenvalue weighted by atomic mass is 9.87. The van der Waals surface area contributed by atoms with Crippen LogP contribution in [0.4, 0.5) is 0 Å². The van der Waals surface area contributed by atoms with Gasteiger partial charge in [-0.3, -0.25) is 5.10 Å². The zero-order valence-electron chi connectivity index (χ0n) is 9.44. The largest absolute Gasteiger partial charge is 0.310 e. The number of H-pyrrole nitrogens is 1. The predicted molar refractivity (Wildman–Crippen MR) is 57.3 cm³/mol. The Kier molecular flexibility index (Phi) is 1.96. The summed E-state index contributed by atoms with van der Waals surface area (Å²) in [4.78, 5) is 0. The smallest absolute Gasteiger partial charge is 0.0541 e. The van der Waals surface area contributed by atoms with Crippen molar-refractivity contribution in [3.63, 3.8) is 0 Å². The Bertz CT molecular complexity index is 329. The number of nitrogens with zero attached hydrogens (tertiary/aromatic N) is 1. The summed E-state index contributed by atoms with van der Waals surface area (Å²) >= 11 is 0. The first-order valence-electron chi connectivity index (χ1n) is 5.23. The van der Waals surface area contributed by atoms with E-state index in [0.717, 1.165) is 0 Å². The Morgan fingerprint density at radius 2 is 2.07 bits per heavy atom. The van der Waals surface area contributed by atoms with Crippen molar-refractivity contribution >= 4 is 0 Å². The van der Waals surface area contributed by atoms with Crippen molar-refractivity contribution in [3.05, 3.63) is 17.5 Å². The van der Waals surface area contributed by atoms with Crippen molar-refractivity contribution < 1.29 is 0 Å². The van der Waals surface area contributed by atoms with Gasteiger partial charge in [0.15, 0.2) is 0 Å². The molecule has 0 radical (unpaired) electrons. The third kappa shape index (κ3) is 1.36. The Hall–Kier alpha value is -0.830. The van der Waals surface area contributed by atoms with Crippen LogP contribution < -0.4 is 5.32 Å². The van der Waals surface area contributed by atoms with E-state index in [1.807, 2.05) is 13.2 Å². The minimum absolute atomic E-state index is 0.151. The van der Waals surface area contributed by atoms with Crippen LogP contribution in [0.2, 0.25) is 0 Å². The van der Waals surface area contributed by atoms with Crippen LogP contribution >= 0.6 is 0 Å². The topological polar surface area (TPSA) is 40.7 Å². The SMILES string of the molecule is CNC1(c2cn[nH]c2C(C)(C)C)CC1. The maximum atomic E-state index is 4.18. The quantitative estimate of drug-likeness (QED) is 0.753. The van der Waals surface area contributed by atoms with Crippen LogP contribution in [-0.2, 0) is 11.0 Å². The molecule has 3 heteroatoms. The second-order valence-electron chi connectivity index (χ2n) is 5.24. The zero-order valence-corrected chi connectivity index (χ0v) is 9.44. The molecule has 1 aromatic heterocycles. The van der Waals surface area contributed by atoms with Gasteiger partial charge in [0.2, 0.25) is 0 Å². The van der Waals surface area contributed by atoms with Gasteiger partial charge in [0.1, 0.15) is 0 Å². The lowest BCUT2D eigenvalue weighted by Gasteiger charge is -2.22. The van der Waals surface area contributed by atoms with E-state index in [9.17, 15) is 0 Å². The highest BCUT2D eigenvalue weighted by atomic mass is 15.1. The van der Waals surface area contributed by atoms with Crippen LogP contribution in [0.1, 0.15) is 44.9 Å². The molecule has 0 spiro atoms.